The molecule has 0 aliphatic rings. The Hall–Kier alpha value is -0.630. The molecule has 1 unspecified atom stereocenters. The Bertz CT molecular complexity index is 86.5. The van der Waals surface area contributed by atoms with E-state index < -0.39 is 6.10 Å². The summed E-state index contributed by atoms with van der Waals surface area (Å²) in [6.45, 7) is 1.84. The smallest absolute Gasteiger partial charge is 0.148 e. The van der Waals surface area contributed by atoms with Gasteiger partial charge in [-0.05, 0) is 13.3 Å². The topological polar surface area (TPSA) is 37.3 Å². The zero-order valence-corrected chi connectivity index (χ0v) is 4.87. The Balaban J connectivity index is 3.23. The molecule has 0 amide bonds. The number of carbonyl (C=O) groups is 1. The third-order valence-electron chi connectivity index (χ3n) is 0.770. The first-order valence-electron chi connectivity index (χ1n) is 2.55. The fourth-order valence-electron chi connectivity index (χ4n) is 0.331. The van der Waals surface area contributed by atoms with Gasteiger partial charge in [-0.25, -0.2) is 0 Å². The van der Waals surface area contributed by atoms with Gasteiger partial charge in [-0.15, -0.1) is 0 Å². The quantitative estimate of drug-likeness (QED) is 0.429. The Morgan fingerprint density at radius 2 is 2.38 bits per heavy atom. The molecule has 1 atom stereocenters. The summed E-state index contributed by atoms with van der Waals surface area (Å²) in [6, 6.07) is 0. The average molecular weight is 114 g/mol. The zero-order valence-electron chi connectivity index (χ0n) is 4.87. The van der Waals surface area contributed by atoms with E-state index in [0.29, 0.717) is 12.7 Å². The number of allylic oxidation sites excluding steroid dienone is 1. The molecule has 0 saturated heterocycles. The summed E-state index contributed by atoms with van der Waals surface area (Å²) in [7, 11) is 0. The fraction of sp³-hybridized carbons (Fsp3) is 0.500. The van der Waals surface area contributed by atoms with E-state index in [0.717, 1.165) is 0 Å². The van der Waals surface area contributed by atoms with Gasteiger partial charge in [0.15, 0.2) is 0 Å². The molecule has 2 nitrogen and oxygen atoms in total. The molecule has 0 rings (SSSR count). The molecule has 8 heavy (non-hydrogen) atoms. The van der Waals surface area contributed by atoms with E-state index >= 15 is 0 Å². The van der Waals surface area contributed by atoms with Crippen LogP contribution >= 0.6 is 0 Å². The second-order valence-corrected chi connectivity index (χ2v) is 1.51. The van der Waals surface area contributed by atoms with Crippen LogP contribution in [0.2, 0.25) is 0 Å². The maximum atomic E-state index is 9.73. The van der Waals surface area contributed by atoms with Gasteiger partial charge in [0, 0.05) is 0 Å². The number of hydrogen-bond donors (Lipinski definition) is 1. The average Bonchev–Trinajstić information content (AvgIpc) is 1.83. The van der Waals surface area contributed by atoms with Crippen molar-refractivity contribution in [3.63, 3.8) is 0 Å². The first-order chi connectivity index (χ1) is 3.81. The van der Waals surface area contributed by atoms with Crippen molar-refractivity contribution in [2.75, 3.05) is 0 Å². The van der Waals surface area contributed by atoms with Crippen LogP contribution in [0.25, 0.3) is 0 Å². The van der Waals surface area contributed by atoms with E-state index in [-0.39, 0.29) is 0 Å². The van der Waals surface area contributed by atoms with Crippen molar-refractivity contribution in [2.24, 2.45) is 0 Å². The summed E-state index contributed by atoms with van der Waals surface area (Å²) in [4.78, 5) is 9.73. The monoisotopic (exact) mass is 114 g/mol. The van der Waals surface area contributed by atoms with E-state index in [1.165, 1.54) is 0 Å². The van der Waals surface area contributed by atoms with Gasteiger partial charge in [-0.2, -0.15) is 0 Å². The van der Waals surface area contributed by atoms with E-state index in [2.05, 4.69) is 0 Å². The van der Waals surface area contributed by atoms with Crippen LogP contribution in [0.5, 0.6) is 0 Å². The van der Waals surface area contributed by atoms with Crippen LogP contribution in [0.15, 0.2) is 12.2 Å². The minimum Gasteiger partial charge on any atom is -0.385 e. The number of aldehydes is 1. The Kier molecular flexibility index (Phi) is 4.17. The predicted molar refractivity (Wildman–Crippen MR) is 31.5 cm³/mol. The van der Waals surface area contributed by atoms with Gasteiger partial charge in [0.05, 0.1) is 0 Å². The molecule has 0 fully saturated rings. The molecule has 0 saturated carbocycles. The van der Waals surface area contributed by atoms with Crippen molar-refractivity contribution in [1.82, 2.24) is 0 Å². The van der Waals surface area contributed by atoms with Gasteiger partial charge in [0.25, 0.3) is 0 Å². The van der Waals surface area contributed by atoms with Gasteiger partial charge in [-0.3, -0.25) is 0 Å². The molecule has 0 heterocycles. The minimum atomic E-state index is -0.814. The summed E-state index contributed by atoms with van der Waals surface area (Å²) in [5.74, 6) is 0. The number of hydrogen-bond acceptors (Lipinski definition) is 2. The lowest BCUT2D eigenvalue weighted by molar-refractivity contribution is -0.114. The molecule has 0 aromatic heterocycles. The van der Waals surface area contributed by atoms with Gasteiger partial charge in [0.2, 0.25) is 0 Å². The number of aliphatic hydroxyl groups excluding tert-OH is 1. The molecule has 2 heteroatoms. The summed E-state index contributed by atoms with van der Waals surface area (Å²) in [5.41, 5.74) is 0. The van der Waals surface area contributed by atoms with E-state index in [1.807, 2.05) is 6.92 Å². The lowest BCUT2D eigenvalue weighted by atomic mass is 10.3. The van der Waals surface area contributed by atoms with Crippen LogP contribution in [-0.4, -0.2) is 17.5 Å². The summed E-state index contributed by atoms with van der Waals surface area (Å²) in [5, 5.41) is 8.57. The first kappa shape index (κ1) is 7.37. The van der Waals surface area contributed by atoms with Gasteiger partial charge >= 0.3 is 0 Å². The van der Waals surface area contributed by atoms with Crippen molar-refractivity contribution in [3.8, 4) is 0 Å². The fourth-order valence-corrected chi connectivity index (χ4v) is 0.331. The van der Waals surface area contributed by atoms with Crippen LogP contribution < -0.4 is 0 Å². The molecule has 0 spiro atoms. The maximum absolute atomic E-state index is 9.73. The number of rotatable bonds is 3. The van der Waals surface area contributed by atoms with E-state index in [4.69, 9.17) is 5.11 Å². The molecule has 0 bridgehead atoms. The van der Waals surface area contributed by atoms with Gasteiger partial charge in [-0.1, -0.05) is 12.2 Å². The molecule has 1 N–H and O–H groups in total. The van der Waals surface area contributed by atoms with Crippen molar-refractivity contribution in [1.29, 1.82) is 0 Å². The van der Waals surface area contributed by atoms with Crippen LogP contribution in [0.3, 0.4) is 0 Å². The van der Waals surface area contributed by atoms with Gasteiger partial charge < -0.3 is 9.90 Å². The summed E-state index contributed by atoms with van der Waals surface area (Å²) in [6.07, 6.45) is 3.69. The van der Waals surface area contributed by atoms with Crippen molar-refractivity contribution < 1.29 is 9.90 Å². The molecule has 46 valence electrons. The molecule has 0 aliphatic heterocycles. The number of carbonyl (C=O) groups excluding carboxylic acids is 1. The van der Waals surface area contributed by atoms with Crippen LogP contribution in [0, 0.1) is 0 Å². The Morgan fingerprint density at radius 3 is 2.75 bits per heavy atom. The van der Waals surface area contributed by atoms with Crippen LogP contribution in [-0.2, 0) is 4.79 Å². The Labute approximate surface area is 48.8 Å². The standard InChI is InChI=1S/C6H10O2/c1-2-3-4-6(8)5-7/h2-3,5-6,8H,4H2,1H3/b3-2+. The molecule has 0 aliphatic carbocycles. The number of aliphatic hydroxyl groups is 1. The third-order valence-corrected chi connectivity index (χ3v) is 0.770. The normalized spacial score (nSPS) is 14.2. The second kappa shape index (κ2) is 4.53. The molecule has 0 radical (unpaired) electrons. The molecular formula is C6H10O2. The predicted octanol–water partition coefficient (Wildman–Crippen LogP) is 0.512. The highest BCUT2D eigenvalue weighted by Gasteiger charge is 1.93. The minimum absolute atomic E-state index is 0.431. The largest absolute Gasteiger partial charge is 0.385 e. The van der Waals surface area contributed by atoms with E-state index in [1.54, 1.807) is 12.2 Å². The highest BCUT2D eigenvalue weighted by Crippen LogP contribution is 1.87. The van der Waals surface area contributed by atoms with Crippen molar-refractivity contribution in [3.05, 3.63) is 12.2 Å². The summed E-state index contributed by atoms with van der Waals surface area (Å²) >= 11 is 0. The van der Waals surface area contributed by atoms with Crippen LogP contribution in [0.4, 0.5) is 0 Å². The molecule has 0 aromatic carbocycles. The molecular weight excluding hydrogens is 104 g/mol. The third kappa shape index (κ3) is 3.56. The molecule has 0 aromatic rings. The highest BCUT2D eigenvalue weighted by molar-refractivity contribution is 5.55. The first-order valence-corrected chi connectivity index (χ1v) is 2.55. The van der Waals surface area contributed by atoms with Crippen LogP contribution in [0.1, 0.15) is 13.3 Å². The Morgan fingerprint density at radius 1 is 1.75 bits per heavy atom. The summed E-state index contributed by atoms with van der Waals surface area (Å²) < 4.78 is 0. The highest BCUT2D eigenvalue weighted by atomic mass is 16.3. The SMILES string of the molecule is C/C=C/CC(O)C=O. The van der Waals surface area contributed by atoms with Crippen molar-refractivity contribution >= 4 is 6.29 Å². The lowest BCUT2D eigenvalue weighted by Gasteiger charge is -1.92. The second-order valence-electron chi connectivity index (χ2n) is 1.51. The zero-order chi connectivity index (χ0) is 6.41. The van der Waals surface area contributed by atoms with E-state index in [9.17, 15) is 4.79 Å². The van der Waals surface area contributed by atoms with Gasteiger partial charge in [0.1, 0.15) is 12.4 Å². The lowest BCUT2D eigenvalue weighted by Crippen LogP contribution is -2.04. The maximum Gasteiger partial charge on any atom is 0.148 e. The van der Waals surface area contributed by atoms with Crippen molar-refractivity contribution in [2.45, 2.75) is 19.4 Å².